The van der Waals surface area contributed by atoms with Crippen molar-refractivity contribution >= 4 is 46.0 Å². The maximum Gasteiger partial charge on any atom is 0.210 e. The molecule has 6 nitrogen and oxygen atoms in total. The number of fused-ring (bicyclic) bond motifs is 1. The number of hydrogen-bond donors (Lipinski definition) is 1. The van der Waals surface area contributed by atoms with Crippen molar-refractivity contribution in [2.45, 2.75) is 0 Å². The van der Waals surface area contributed by atoms with Crippen LogP contribution in [0.4, 0.5) is 17.3 Å². The lowest BCUT2D eigenvalue weighted by Gasteiger charge is -2.10. The fraction of sp³-hybridized carbons (Fsp3) is 0.0833. The van der Waals surface area contributed by atoms with E-state index in [0.29, 0.717) is 21.7 Å². The van der Waals surface area contributed by atoms with Crippen LogP contribution >= 0.6 is 11.6 Å². The molecule has 4 rings (SSSR count). The van der Waals surface area contributed by atoms with Crippen molar-refractivity contribution in [3.05, 3.63) is 87.5 Å². The van der Waals surface area contributed by atoms with Crippen molar-refractivity contribution in [1.82, 2.24) is 0 Å². The van der Waals surface area contributed by atoms with Gasteiger partial charge in [-0.15, -0.1) is 0 Å². The van der Waals surface area contributed by atoms with Gasteiger partial charge in [0.15, 0.2) is 0 Å². The van der Waals surface area contributed by atoms with Crippen molar-refractivity contribution in [2.75, 3.05) is 19.5 Å². The monoisotopic (exact) mass is 434 g/mol. The first-order valence-corrected chi connectivity index (χ1v) is 9.81. The van der Waals surface area contributed by atoms with Crippen LogP contribution in [-0.2, 0) is 0 Å². The molecule has 0 amide bonds. The van der Waals surface area contributed by atoms with Gasteiger partial charge in [-0.2, -0.15) is 0 Å². The summed E-state index contributed by atoms with van der Waals surface area (Å²) in [6.45, 7) is 0. The molecular formula is C24H19ClN2O4. The van der Waals surface area contributed by atoms with Crippen molar-refractivity contribution in [3.63, 3.8) is 0 Å². The van der Waals surface area contributed by atoms with Gasteiger partial charge >= 0.3 is 0 Å². The van der Waals surface area contributed by atoms with E-state index in [4.69, 9.17) is 25.5 Å². The number of benzene rings is 3. The Morgan fingerprint density at radius 2 is 1.58 bits per heavy atom. The molecule has 31 heavy (non-hydrogen) atoms. The number of hydrogen-bond acceptors (Lipinski definition) is 6. The summed E-state index contributed by atoms with van der Waals surface area (Å²) in [5.41, 5.74) is 1.86. The van der Waals surface area contributed by atoms with Gasteiger partial charge in [-0.3, -0.25) is 9.79 Å². The Morgan fingerprint density at radius 1 is 0.935 bits per heavy atom. The molecular weight excluding hydrogens is 416 g/mol. The molecule has 0 atom stereocenters. The van der Waals surface area contributed by atoms with Crippen LogP contribution in [0.5, 0.6) is 11.5 Å². The summed E-state index contributed by atoms with van der Waals surface area (Å²) in [5.74, 6) is 1.73. The fourth-order valence-electron chi connectivity index (χ4n) is 3.00. The van der Waals surface area contributed by atoms with Gasteiger partial charge in [0.25, 0.3) is 0 Å². The summed E-state index contributed by atoms with van der Waals surface area (Å²) < 4.78 is 16.4. The van der Waals surface area contributed by atoms with E-state index in [1.165, 1.54) is 6.21 Å². The molecule has 4 aromatic rings. The van der Waals surface area contributed by atoms with E-state index in [1.54, 1.807) is 56.7 Å². The lowest BCUT2D eigenvalue weighted by molar-refractivity contribution is 0.415. The van der Waals surface area contributed by atoms with Gasteiger partial charge in [-0.1, -0.05) is 11.6 Å². The first kappa shape index (κ1) is 20.5. The van der Waals surface area contributed by atoms with Gasteiger partial charge in [-0.05, 0) is 66.7 Å². The van der Waals surface area contributed by atoms with E-state index < -0.39 is 0 Å². The molecule has 0 saturated carbocycles. The quantitative estimate of drug-likeness (QED) is 0.379. The Kier molecular flexibility index (Phi) is 5.91. The van der Waals surface area contributed by atoms with Crippen LogP contribution in [0.15, 0.2) is 80.9 Å². The molecule has 0 aliphatic heterocycles. The van der Waals surface area contributed by atoms with Crippen LogP contribution in [-0.4, -0.2) is 20.4 Å². The molecule has 0 aliphatic rings. The zero-order valence-corrected chi connectivity index (χ0v) is 17.6. The number of rotatable bonds is 6. The maximum absolute atomic E-state index is 13.2. The molecule has 0 unspecified atom stereocenters. The van der Waals surface area contributed by atoms with E-state index in [-0.39, 0.29) is 16.9 Å². The maximum atomic E-state index is 13.2. The van der Waals surface area contributed by atoms with Crippen LogP contribution < -0.4 is 20.2 Å². The smallest absolute Gasteiger partial charge is 0.210 e. The molecule has 0 spiro atoms. The summed E-state index contributed by atoms with van der Waals surface area (Å²) >= 11 is 6.09. The summed E-state index contributed by atoms with van der Waals surface area (Å²) in [6.07, 6.45) is 1.49. The van der Waals surface area contributed by atoms with Gasteiger partial charge in [0.2, 0.25) is 11.3 Å². The molecule has 0 bridgehead atoms. The molecule has 156 valence electrons. The number of nitrogens with one attached hydrogen (secondary N) is 1. The average Bonchev–Trinajstić information content (AvgIpc) is 2.80. The number of nitrogens with zero attached hydrogens (tertiary/aromatic N) is 1. The zero-order valence-electron chi connectivity index (χ0n) is 16.9. The largest absolute Gasteiger partial charge is 0.497 e. The Hall–Kier alpha value is -3.77. The molecule has 3 aromatic carbocycles. The summed E-state index contributed by atoms with van der Waals surface area (Å²) in [6, 6.07) is 19.4. The van der Waals surface area contributed by atoms with E-state index >= 15 is 0 Å². The van der Waals surface area contributed by atoms with E-state index in [9.17, 15) is 4.79 Å². The highest BCUT2D eigenvalue weighted by atomic mass is 35.5. The highest BCUT2D eigenvalue weighted by Gasteiger charge is 2.14. The number of halogens is 1. The van der Waals surface area contributed by atoms with Crippen LogP contribution in [0.3, 0.4) is 0 Å². The Labute approximate surface area is 183 Å². The number of methoxy groups -OCH3 is 2. The second kappa shape index (κ2) is 8.93. The molecule has 7 heteroatoms. The fourth-order valence-corrected chi connectivity index (χ4v) is 3.18. The third-order valence-electron chi connectivity index (χ3n) is 4.65. The Bertz CT molecular complexity index is 1300. The molecule has 1 aromatic heterocycles. The first-order valence-electron chi connectivity index (χ1n) is 9.43. The summed E-state index contributed by atoms with van der Waals surface area (Å²) in [7, 11) is 3.20. The minimum atomic E-state index is -0.239. The summed E-state index contributed by atoms with van der Waals surface area (Å²) in [4.78, 5) is 17.7. The third-order valence-corrected chi connectivity index (χ3v) is 4.89. The van der Waals surface area contributed by atoms with E-state index in [1.807, 2.05) is 24.3 Å². The van der Waals surface area contributed by atoms with Crippen molar-refractivity contribution < 1.29 is 13.9 Å². The predicted octanol–water partition coefficient (Wildman–Crippen LogP) is 5.96. The molecule has 0 fully saturated rings. The minimum Gasteiger partial charge on any atom is -0.497 e. The van der Waals surface area contributed by atoms with Crippen LogP contribution in [0.2, 0.25) is 5.02 Å². The lowest BCUT2D eigenvalue weighted by Crippen LogP contribution is -2.12. The first-order chi connectivity index (χ1) is 15.1. The van der Waals surface area contributed by atoms with Gasteiger partial charge in [0, 0.05) is 16.9 Å². The molecule has 1 heterocycles. The molecule has 0 radical (unpaired) electrons. The van der Waals surface area contributed by atoms with Crippen LogP contribution in [0, 0.1) is 0 Å². The highest BCUT2D eigenvalue weighted by Crippen LogP contribution is 2.26. The van der Waals surface area contributed by atoms with Gasteiger partial charge < -0.3 is 19.2 Å². The number of anilines is 2. The van der Waals surface area contributed by atoms with Gasteiger partial charge in [0.1, 0.15) is 22.6 Å². The Morgan fingerprint density at radius 3 is 2.23 bits per heavy atom. The van der Waals surface area contributed by atoms with Gasteiger partial charge in [0.05, 0.1) is 25.3 Å². The molecule has 0 saturated heterocycles. The van der Waals surface area contributed by atoms with Crippen molar-refractivity contribution in [2.24, 2.45) is 4.99 Å². The summed E-state index contributed by atoms with van der Waals surface area (Å²) in [5, 5.41) is 3.99. The topological polar surface area (TPSA) is 73.1 Å². The van der Waals surface area contributed by atoms with Crippen LogP contribution in [0.25, 0.3) is 11.0 Å². The SMILES string of the molecule is COc1ccc(N=Cc2c(Nc3ccc(OC)cc3)oc3ccc(Cl)cc3c2=O)cc1. The molecule has 0 aliphatic carbocycles. The normalized spacial score (nSPS) is 11.1. The Balaban J connectivity index is 1.79. The molecule has 1 N–H and O–H groups in total. The third kappa shape index (κ3) is 4.54. The van der Waals surface area contributed by atoms with E-state index in [2.05, 4.69) is 10.3 Å². The van der Waals surface area contributed by atoms with Gasteiger partial charge in [-0.25, -0.2) is 0 Å². The average molecular weight is 435 g/mol. The van der Waals surface area contributed by atoms with Crippen molar-refractivity contribution in [3.8, 4) is 11.5 Å². The lowest BCUT2D eigenvalue weighted by atomic mass is 10.1. The van der Waals surface area contributed by atoms with E-state index in [0.717, 1.165) is 17.2 Å². The highest BCUT2D eigenvalue weighted by molar-refractivity contribution is 6.31. The van der Waals surface area contributed by atoms with Crippen molar-refractivity contribution in [1.29, 1.82) is 0 Å². The standard InChI is InChI=1S/C24H19ClN2O4/c1-29-18-8-4-16(5-9-18)26-14-21-23(28)20-13-15(25)3-12-22(20)31-24(21)27-17-6-10-19(30-2)11-7-17/h3-14,27H,1-2H3. The second-order valence-electron chi connectivity index (χ2n) is 6.62. The van der Waals surface area contributed by atoms with Crippen LogP contribution in [0.1, 0.15) is 5.56 Å². The number of ether oxygens (including phenoxy) is 2. The number of aliphatic imine (C=N–C) groups is 1. The second-order valence-corrected chi connectivity index (χ2v) is 7.06. The predicted molar refractivity (Wildman–Crippen MR) is 124 cm³/mol. The minimum absolute atomic E-state index is 0.239. The zero-order chi connectivity index (χ0) is 21.8.